The van der Waals surface area contributed by atoms with Gasteiger partial charge in [-0.2, -0.15) is 0 Å². The molecule has 0 spiro atoms. The van der Waals surface area contributed by atoms with E-state index in [0.717, 1.165) is 22.3 Å². The zero-order valence-electron chi connectivity index (χ0n) is 23.2. The summed E-state index contributed by atoms with van der Waals surface area (Å²) < 4.78 is 28.5. The van der Waals surface area contributed by atoms with Gasteiger partial charge in [0.1, 0.15) is 5.25 Å². The van der Waals surface area contributed by atoms with Gasteiger partial charge in [-0.1, -0.05) is 59.8 Å². The summed E-state index contributed by atoms with van der Waals surface area (Å²) in [5, 5.41) is 10.9. The van der Waals surface area contributed by atoms with Crippen molar-refractivity contribution in [3.63, 3.8) is 0 Å². The molecule has 0 radical (unpaired) electrons. The Morgan fingerprint density at radius 3 is 2.48 bits per heavy atom. The second-order valence-corrected chi connectivity index (χ2v) is 13.4. The van der Waals surface area contributed by atoms with Crippen molar-refractivity contribution in [1.82, 2.24) is 18.8 Å². The molecule has 8 nitrogen and oxygen atoms in total. The minimum absolute atomic E-state index is 0.0523. The number of β-amino-alcohol motifs (C(OH)–C–C–N with tert-alkyl or cyclic N) is 1. The van der Waals surface area contributed by atoms with Gasteiger partial charge in [0.15, 0.2) is 5.65 Å². The van der Waals surface area contributed by atoms with Crippen LogP contribution in [0.4, 0.5) is 0 Å². The molecule has 6 rings (SSSR count). The number of carbonyl (C=O) groups is 1. The Kier molecular flexibility index (Phi) is 7.61. The summed E-state index contributed by atoms with van der Waals surface area (Å²) in [7, 11) is -3.89. The molecule has 1 N–H and O–H groups in total. The van der Waals surface area contributed by atoms with Crippen LogP contribution in [0.5, 0.6) is 0 Å². The predicted molar refractivity (Wildman–Crippen MR) is 164 cm³/mol. The minimum Gasteiger partial charge on any atom is -0.391 e. The number of aromatic nitrogens is 3. The third-order valence-electron chi connectivity index (χ3n) is 7.48. The molecule has 1 saturated heterocycles. The summed E-state index contributed by atoms with van der Waals surface area (Å²) in [6.45, 7) is 4.70. The molecular weight excluding hydrogens is 569 g/mol. The van der Waals surface area contributed by atoms with Crippen molar-refractivity contribution >= 4 is 38.7 Å². The van der Waals surface area contributed by atoms with Gasteiger partial charge in [-0.05, 0) is 61.7 Å². The van der Waals surface area contributed by atoms with Gasteiger partial charge in [0.25, 0.3) is 10.0 Å². The number of hydrogen-bond acceptors (Lipinski definition) is 7. The number of hydrogen-bond donors (Lipinski definition) is 1. The van der Waals surface area contributed by atoms with Crippen LogP contribution in [-0.4, -0.2) is 57.5 Å². The third kappa shape index (κ3) is 5.33. The number of amides is 1. The first-order valence-corrected chi connectivity index (χ1v) is 16.0. The Labute approximate surface area is 249 Å². The number of aryl methyl sites for hydroxylation is 2. The number of thioether (sulfide) groups is 1. The molecule has 10 heteroatoms. The maximum Gasteiger partial charge on any atom is 0.269 e. The molecule has 0 saturated carbocycles. The smallest absolute Gasteiger partial charge is 0.269 e. The summed E-state index contributed by atoms with van der Waals surface area (Å²) in [6.07, 6.45) is 4.97. The highest BCUT2D eigenvalue weighted by Crippen LogP contribution is 2.40. The standard InChI is InChI=1S/C32H30N4O4S2/c1-21-10-12-26(13-11-21)42(39,40)36-20-28(27-9-6-15-33-30(27)36)24-17-22(2)31(34-18-24)41-29(23-7-4-3-5-8-23)32(38)35-16-14-25(37)19-35/h3-13,15,17-18,20,25,29,37H,14,16,19H2,1-2H3/t25-,29?/m0/s1. The number of carbonyl (C=O) groups excluding carboxylic acids is 1. The molecule has 2 aromatic carbocycles. The molecule has 42 heavy (non-hydrogen) atoms. The fourth-order valence-electron chi connectivity index (χ4n) is 5.21. The van der Waals surface area contributed by atoms with Crippen LogP contribution in [0.3, 0.4) is 0 Å². The van der Waals surface area contributed by atoms with E-state index in [-0.39, 0.29) is 10.8 Å². The van der Waals surface area contributed by atoms with E-state index >= 15 is 0 Å². The second kappa shape index (κ2) is 11.4. The first-order chi connectivity index (χ1) is 20.2. The summed E-state index contributed by atoms with van der Waals surface area (Å²) >= 11 is 1.38. The highest BCUT2D eigenvalue weighted by molar-refractivity contribution is 8.00. The van der Waals surface area contributed by atoms with E-state index in [1.165, 1.54) is 15.7 Å². The second-order valence-electron chi connectivity index (χ2n) is 10.5. The van der Waals surface area contributed by atoms with Crippen LogP contribution in [0, 0.1) is 13.8 Å². The van der Waals surface area contributed by atoms with Gasteiger partial charge >= 0.3 is 0 Å². The molecule has 1 aliphatic rings. The lowest BCUT2D eigenvalue weighted by molar-refractivity contribution is -0.130. The van der Waals surface area contributed by atoms with Gasteiger partial charge < -0.3 is 10.0 Å². The van der Waals surface area contributed by atoms with E-state index in [4.69, 9.17) is 4.98 Å². The molecule has 1 aliphatic heterocycles. The number of benzene rings is 2. The molecule has 3 aromatic heterocycles. The van der Waals surface area contributed by atoms with E-state index in [2.05, 4.69) is 4.98 Å². The van der Waals surface area contributed by atoms with Gasteiger partial charge in [0.2, 0.25) is 5.91 Å². The molecule has 2 atom stereocenters. The molecular formula is C32H30N4O4S2. The lowest BCUT2D eigenvalue weighted by Crippen LogP contribution is -2.33. The van der Waals surface area contributed by atoms with Gasteiger partial charge in [0.05, 0.1) is 16.0 Å². The van der Waals surface area contributed by atoms with Crippen LogP contribution in [0.2, 0.25) is 0 Å². The molecule has 214 valence electrons. The Hall–Kier alpha value is -3.99. The van der Waals surface area contributed by atoms with Gasteiger partial charge in [-0.3, -0.25) is 4.79 Å². The molecule has 1 fully saturated rings. The zero-order valence-corrected chi connectivity index (χ0v) is 24.8. The topological polar surface area (TPSA) is 105 Å². The van der Waals surface area contributed by atoms with Gasteiger partial charge in [0, 0.05) is 48.2 Å². The van der Waals surface area contributed by atoms with Crippen LogP contribution in [0.1, 0.15) is 28.4 Å². The third-order valence-corrected chi connectivity index (χ3v) is 10.5. The van der Waals surface area contributed by atoms with Crippen molar-refractivity contribution in [2.75, 3.05) is 13.1 Å². The van der Waals surface area contributed by atoms with Crippen molar-refractivity contribution in [3.8, 4) is 11.1 Å². The molecule has 4 heterocycles. The summed E-state index contributed by atoms with van der Waals surface area (Å²) in [5.74, 6) is -0.0523. The quantitative estimate of drug-likeness (QED) is 0.251. The number of pyridine rings is 2. The SMILES string of the molecule is Cc1ccc(S(=O)(=O)n2cc(-c3cnc(SC(C(=O)N4CC[C@H](O)C4)c4ccccc4)c(C)c3)c3cccnc32)cc1. The minimum atomic E-state index is -3.89. The Balaban J connectivity index is 1.36. The Morgan fingerprint density at radius 1 is 1.02 bits per heavy atom. The summed E-state index contributed by atoms with van der Waals surface area (Å²) in [6, 6.07) is 21.9. The number of likely N-dealkylation sites (tertiary alicyclic amines) is 1. The lowest BCUT2D eigenvalue weighted by atomic mass is 10.1. The van der Waals surface area contributed by atoms with E-state index in [1.807, 2.05) is 56.3 Å². The fraction of sp³-hybridized carbons (Fsp3) is 0.219. The van der Waals surface area contributed by atoms with Crippen LogP contribution in [-0.2, 0) is 14.8 Å². The van der Waals surface area contributed by atoms with Crippen LogP contribution in [0.25, 0.3) is 22.2 Å². The number of nitrogens with zero attached hydrogens (tertiary/aromatic N) is 4. The number of aliphatic hydroxyl groups is 1. The number of fused-ring (bicyclic) bond motifs is 1. The Morgan fingerprint density at radius 2 is 1.79 bits per heavy atom. The van der Waals surface area contributed by atoms with Crippen LogP contribution in [0.15, 0.2) is 101 Å². The van der Waals surface area contributed by atoms with Gasteiger partial charge in [-0.15, -0.1) is 0 Å². The summed E-state index contributed by atoms with van der Waals surface area (Å²) in [4.78, 5) is 24.6. The molecule has 0 bridgehead atoms. The van der Waals surface area contributed by atoms with Crippen molar-refractivity contribution in [1.29, 1.82) is 0 Å². The van der Waals surface area contributed by atoms with Crippen LogP contribution < -0.4 is 0 Å². The fourth-order valence-corrected chi connectivity index (χ4v) is 7.66. The van der Waals surface area contributed by atoms with E-state index in [9.17, 15) is 18.3 Å². The normalized spacial score (nSPS) is 16.2. The van der Waals surface area contributed by atoms with Crippen molar-refractivity contribution in [2.24, 2.45) is 0 Å². The molecule has 1 amide bonds. The van der Waals surface area contributed by atoms with E-state index in [0.29, 0.717) is 41.1 Å². The average Bonchev–Trinajstić information content (AvgIpc) is 3.61. The average molecular weight is 599 g/mol. The molecule has 0 aliphatic carbocycles. The largest absolute Gasteiger partial charge is 0.391 e. The molecule has 5 aromatic rings. The first-order valence-electron chi connectivity index (χ1n) is 13.7. The number of rotatable bonds is 7. The maximum absolute atomic E-state index is 13.6. The van der Waals surface area contributed by atoms with E-state index < -0.39 is 21.4 Å². The summed E-state index contributed by atoms with van der Waals surface area (Å²) in [5.41, 5.74) is 4.49. The zero-order chi connectivity index (χ0) is 29.4. The highest BCUT2D eigenvalue weighted by Gasteiger charge is 2.32. The van der Waals surface area contributed by atoms with E-state index in [1.54, 1.807) is 53.8 Å². The van der Waals surface area contributed by atoms with Crippen molar-refractivity contribution in [2.45, 2.75) is 41.5 Å². The van der Waals surface area contributed by atoms with Crippen molar-refractivity contribution < 1.29 is 18.3 Å². The molecule has 1 unspecified atom stereocenters. The van der Waals surface area contributed by atoms with Gasteiger partial charge in [-0.25, -0.2) is 22.4 Å². The predicted octanol–water partition coefficient (Wildman–Crippen LogP) is 5.38. The Bertz CT molecular complexity index is 1870. The maximum atomic E-state index is 13.6. The highest BCUT2D eigenvalue weighted by atomic mass is 32.2. The first kappa shape index (κ1) is 28.1. The monoisotopic (exact) mass is 598 g/mol. The van der Waals surface area contributed by atoms with Crippen molar-refractivity contribution in [3.05, 3.63) is 108 Å². The van der Waals surface area contributed by atoms with Crippen LogP contribution >= 0.6 is 11.8 Å². The lowest BCUT2D eigenvalue weighted by Gasteiger charge is -2.23. The number of aliphatic hydroxyl groups excluding tert-OH is 1.